The van der Waals surface area contributed by atoms with E-state index in [0.717, 1.165) is 25.0 Å². The first-order valence-electron chi connectivity index (χ1n) is 7.89. The van der Waals surface area contributed by atoms with Gasteiger partial charge in [0.25, 0.3) is 0 Å². The van der Waals surface area contributed by atoms with E-state index in [-0.39, 0.29) is 18.2 Å². The molecule has 0 unspecified atom stereocenters. The number of ether oxygens (including phenoxy) is 1. The summed E-state index contributed by atoms with van der Waals surface area (Å²) in [4.78, 5) is 24.5. The molecule has 5 heteroatoms. The zero-order chi connectivity index (χ0) is 15.4. The van der Waals surface area contributed by atoms with Crippen molar-refractivity contribution < 1.29 is 14.3 Å². The fraction of sp³-hybridized carbons (Fsp3) is 0.529. The molecule has 0 spiro atoms. The molecule has 2 atom stereocenters. The Morgan fingerprint density at radius 1 is 1.36 bits per heavy atom. The second-order valence-corrected chi connectivity index (χ2v) is 6.19. The SMILES string of the molecule is O=C1C[C@](C(=O)NC[C@@H]2CCCOC2)(c2ccccc2)CN1. The Bertz CT molecular complexity index is 540. The second-order valence-electron chi connectivity index (χ2n) is 6.19. The van der Waals surface area contributed by atoms with Crippen LogP contribution >= 0.6 is 0 Å². The molecule has 2 amide bonds. The first-order valence-corrected chi connectivity index (χ1v) is 7.89. The van der Waals surface area contributed by atoms with Gasteiger partial charge < -0.3 is 15.4 Å². The smallest absolute Gasteiger partial charge is 0.233 e. The number of hydrogen-bond acceptors (Lipinski definition) is 3. The van der Waals surface area contributed by atoms with Crippen LogP contribution in [0.15, 0.2) is 30.3 Å². The van der Waals surface area contributed by atoms with Gasteiger partial charge in [-0.2, -0.15) is 0 Å². The monoisotopic (exact) mass is 302 g/mol. The first-order chi connectivity index (χ1) is 10.7. The highest BCUT2D eigenvalue weighted by molar-refractivity contribution is 5.97. The molecule has 118 valence electrons. The van der Waals surface area contributed by atoms with E-state index < -0.39 is 5.41 Å². The maximum absolute atomic E-state index is 12.8. The number of carbonyl (C=O) groups is 2. The van der Waals surface area contributed by atoms with Crippen molar-refractivity contribution >= 4 is 11.8 Å². The molecule has 0 aliphatic carbocycles. The summed E-state index contributed by atoms with van der Waals surface area (Å²) in [6, 6.07) is 9.57. The van der Waals surface area contributed by atoms with E-state index in [9.17, 15) is 9.59 Å². The van der Waals surface area contributed by atoms with Crippen molar-refractivity contribution in [2.75, 3.05) is 26.3 Å². The summed E-state index contributed by atoms with van der Waals surface area (Å²) < 4.78 is 5.45. The lowest BCUT2D eigenvalue weighted by Crippen LogP contribution is -2.47. The molecule has 1 aromatic rings. The fourth-order valence-electron chi connectivity index (χ4n) is 3.28. The quantitative estimate of drug-likeness (QED) is 0.871. The summed E-state index contributed by atoms with van der Waals surface area (Å²) in [7, 11) is 0. The van der Waals surface area contributed by atoms with E-state index >= 15 is 0 Å². The highest BCUT2D eigenvalue weighted by Crippen LogP contribution is 2.31. The highest BCUT2D eigenvalue weighted by atomic mass is 16.5. The highest BCUT2D eigenvalue weighted by Gasteiger charge is 2.46. The average molecular weight is 302 g/mol. The van der Waals surface area contributed by atoms with Crippen molar-refractivity contribution in [2.45, 2.75) is 24.7 Å². The summed E-state index contributed by atoms with van der Waals surface area (Å²) in [5.74, 6) is 0.234. The minimum Gasteiger partial charge on any atom is -0.381 e. The van der Waals surface area contributed by atoms with Crippen molar-refractivity contribution in [3.05, 3.63) is 35.9 Å². The number of amides is 2. The molecule has 0 aromatic heterocycles. The zero-order valence-electron chi connectivity index (χ0n) is 12.6. The van der Waals surface area contributed by atoms with Crippen molar-refractivity contribution in [1.82, 2.24) is 10.6 Å². The minimum absolute atomic E-state index is 0.0670. The number of nitrogens with one attached hydrogen (secondary N) is 2. The third-order valence-electron chi connectivity index (χ3n) is 4.62. The molecule has 0 radical (unpaired) electrons. The van der Waals surface area contributed by atoms with Gasteiger partial charge >= 0.3 is 0 Å². The molecular weight excluding hydrogens is 280 g/mol. The minimum atomic E-state index is -0.784. The van der Waals surface area contributed by atoms with Gasteiger partial charge in [0.1, 0.15) is 0 Å². The first kappa shape index (κ1) is 15.0. The number of carbonyl (C=O) groups excluding carboxylic acids is 2. The lowest BCUT2D eigenvalue weighted by atomic mass is 9.78. The van der Waals surface area contributed by atoms with Crippen LogP contribution in [0.5, 0.6) is 0 Å². The van der Waals surface area contributed by atoms with Crippen molar-refractivity contribution in [2.24, 2.45) is 5.92 Å². The van der Waals surface area contributed by atoms with Crippen molar-refractivity contribution in [1.29, 1.82) is 0 Å². The van der Waals surface area contributed by atoms with Gasteiger partial charge in [-0.1, -0.05) is 30.3 Å². The Labute approximate surface area is 130 Å². The molecule has 22 heavy (non-hydrogen) atoms. The molecule has 2 aliphatic rings. The van der Waals surface area contributed by atoms with E-state index in [1.807, 2.05) is 30.3 Å². The van der Waals surface area contributed by atoms with Crippen LogP contribution < -0.4 is 10.6 Å². The molecule has 0 bridgehead atoms. The molecule has 2 fully saturated rings. The lowest BCUT2D eigenvalue weighted by Gasteiger charge is -2.28. The Balaban J connectivity index is 1.72. The number of hydrogen-bond donors (Lipinski definition) is 2. The van der Waals surface area contributed by atoms with E-state index in [1.165, 1.54) is 0 Å². The van der Waals surface area contributed by atoms with Crippen LogP contribution in [-0.4, -0.2) is 38.1 Å². The summed E-state index contributed by atoms with van der Waals surface area (Å²) in [5.41, 5.74) is 0.110. The van der Waals surface area contributed by atoms with E-state index in [1.54, 1.807) is 0 Å². The van der Waals surface area contributed by atoms with Crippen LogP contribution in [0.3, 0.4) is 0 Å². The summed E-state index contributed by atoms with van der Waals surface area (Å²) in [6.07, 6.45) is 2.34. The standard InChI is InChI=1S/C17H22N2O3/c20-15-9-17(12-19-15,14-6-2-1-3-7-14)16(21)18-10-13-5-4-8-22-11-13/h1-3,6-7,13H,4-5,8-12H2,(H,18,21)(H,19,20)/t13-,17+/m0/s1. The number of rotatable bonds is 4. The van der Waals surface area contributed by atoms with Crippen LogP contribution in [0.25, 0.3) is 0 Å². The predicted octanol–water partition coefficient (Wildman–Crippen LogP) is 0.987. The normalized spacial score (nSPS) is 28.2. The Kier molecular flexibility index (Phi) is 4.43. The topological polar surface area (TPSA) is 67.4 Å². The Morgan fingerprint density at radius 3 is 2.82 bits per heavy atom. The van der Waals surface area contributed by atoms with Crippen LogP contribution in [0, 0.1) is 5.92 Å². The van der Waals surface area contributed by atoms with Gasteiger partial charge in [0, 0.05) is 26.1 Å². The molecule has 1 aromatic carbocycles. The van der Waals surface area contributed by atoms with E-state index in [4.69, 9.17) is 4.74 Å². The van der Waals surface area contributed by atoms with E-state index in [2.05, 4.69) is 10.6 Å². The second kappa shape index (κ2) is 6.48. The third kappa shape index (κ3) is 2.99. The van der Waals surface area contributed by atoms with Gasteiger partial charge in [-0.25, -0.2) is 0 Å². The van der Waals surface area contributed by atoms with Gasteiger partial charge in [0.05, 0.1) is 12.0 Å². The van der Waals surface area contributed by atoms with Crippen LogP contribution in [0.4, 0.5) is 0 Å². The summed E-state index contributed by atoms with van der Waals surface area (Å²) >= 11 is 0. The Hall–Kier alpha value is -1.88. The van der Waals surface area contributed by atoms with E-state index in [0.29, 0.717) is 25.6 Å². The summed E-state index contributed by atoms with van der Waals surface area (Å²) in [6.45, 7) is 2.50. The molecule has 2 N–H and O–H groups in total. The average Bonchev–Trinajstić information content (AvgIpc) is 2.98. The maximum Gasteiger partial charge on any atom is 0.233 e. The fourth-order valence-corrected chi connectivity index (χ4v) is 3.28. The third-order valence-corrected chi connectivity index (χ3v) is 4.62. The van der Waals surface area contributed by atoms with Gasteiger partial charge in [-0.15, -0.1) is 0 Å². The predicted molar refractivity (Wildman–Crippen MR) is 82.3 cm³/mol. The molecule has 3 rings (SSSR count). The van der Waals surface area contributed by atoms with Crippen LogP contribution in [0.2, 0.25) is 0 Å². The van der Waals surface area contributed by atoms with Crippen LogP contribution in [-0.2, 0) is 19.7 Å². The molecule has 0 saturated carbocycles. The van der Waals surface area contributed by atoms with Gasteiger partial charge in [-0.3, -0.25) is 9.59 Å². The maximum atomic E-state index is 12.8. The molecule has 2 heterocycles. The van der Waals surface area contributed by atoms with Gasteiger partial charge in [-0.05, 0) is 24.3 Å². The van der Waals surface area contributed by atoms with Crippen molar-refractivity contribution in [3.8, 4) is 0 Å². The van der Waals surface area contributed by atoms with Crippen LogP contribution in [0.1, 0.15) is 24.8 Å². The van der Waals surface area contributed by atoms with Gasteiger partial charge in [0.15, 0.2) is 0 Å². The largest absolute Gasteiger partial charge is 0.381 e. The molecular formula is C17H22N2O3. The van der Waals surface area contributed by atoms with Crippen molar-refractivity contribution in [3.63, 3.8) is 0 Å². The molecule has 2 aliphatic heterocycles. The summed E-state index contributed by atoms with van der Waals surface area (Å²) in [5, 5.41) is 5.85. The molecule has 2 saturated heterocycles. The zero-order valence-corrected chi connectivity index (χ0v) is 12.6. The number of benzene rings is 1. The lowest BCUT2D eigenvalue weighted by molar-refractivity contribution is -0.128. The Morgan fingerprint density at radius 2 is 2.18 bits per heavy atom. The molecule has 5 nitrogen and oxygen atoms in total. The van der Waals surface area contributed by atoms with Gasteiger partial charge in [0.2, 0.25) is 11.8 Å².